The zero-order valence-electron chi connectivity index (χ0n) is 16.1. The standard InChI is InChI=1S/C23H26N2O3/c1-17-11-22(28-25-17)12-20-15-26-16-23(20)24-13-18-7-9-21(10-8-18)27-14-19-5-3-2-4-6-19/h2-11,20,23-24H,12-16H2,1H3/t20-,23-/m1/s1. The monoisotopic (exact) mass is 378 g/mol. The number of aryl methyl sites for hydroxylation is 1. The van der Waals surface area contributed by atoms with Crippen LogP contribution >= 0.6 is 0 Å². The number of nitrogens with zero attached hydrogens (tertiary/aromatic N) is 1. The maximum Gasteiger partial charge on any atom is 0.137 e. The summed E-state index contributed by atoms with van der Waals surface area (Å²) in [5, 5.41) is 7.60. The van der Waals surface area contributed by atoms with Gasteiger partial charge in [-0.05, 0) is 30.2 Å². The Morgan fingerprint density at radius 3 is 2.61 bits per heavy atom. The van der Waals surface area contributed by atoms with Crippen LogP contribution < -0.4 is 10.1 Å². The number of ether oxygens (including phenoxy) is 2. The molecule has 0 radical (unpaired) electrons. The fourth-order valence-electron chi connectivity index (χ4n) is 3.49. The van der Waals surface area contributed by atoms with E-state index in [1.165, 1.54) is 11.1 Å². The van der Waals surface area contributed by atoms with Gasteiger partial charge in [-0.1, -0.05) is 47.6 Å². The van der Waals surface area contributed by atoms with E-state index in [9.17, 15) is 0 Å². The highest BCUT2D eigenvalue weighted by atomic mass is 16.5. The molecule has 146 valence electrons. The van der Waals surface area contributed by atoms with Gasteiger partial charge in [0.2, 0.25) is 0 Å². The third-order valence-corrected chi connectivity index (χ3v) is 5.08. The number of nitrogens with one attached hydrogen (secondary N) is 1. The molecule has 2 aromatic carbocycles. The van der Waals surface area contributed by atoms with Crippen molar-refractivity contribution >= 4 is 0 Å². The molecule has 0 amide bonds. The van der Waals surface area contributed by atoms with E-state index in [-0.39, 0.29) is 0 Å². The predicted octanol–water partition coefficient (Wildman–Crippen LogP) is 3.91. The van der Waals surface area contributed by atoms with Crippen molar-refractivity contribution < 1.29 is 14.0 Å². The molecule has 5 nitrogen and oxygen atoms in total. The predicted molar refractivity (Wildman–Crippen MR) is 107 cm³/mol. The van der Waals surface area contributed by atoms with Crippen LogP contribution in [0.4, 0.5) is 0 Å². The minimum absolute atomic E-state index is 0.319. The van der Waals surface area contributed by atoms with Crippen molar-refractivity contribution in [3.63, 3.8) is 0 Å². The minimum Gasteiger partial charge on any atom is -0.489 e. The van der Waals surface area contributed by atoms with Crippen LogP contribution in [0.5, 0.6) is 5.75 Å². The molecule has 5 heteroatoms. The van der Waals surface area contributed by atoms with Crippen molar-refractivity contribution in [1.29, 1.82) is 0 Å². The van der Waals surface area contributed by atoms with Gasteiger partial charge in [-0.15, -0.1) is 0 Å². The molecule has 0 unspecified atom stereocenters. The molecule has 1 saturated heterocycles. The van der Waals surface area contributed by atoms with E-state index in [0.717, 1.165) is 43.4 Å². The molecule has 0 spiro atoms. The van der Waals surface area contributed by atoms with E-state index >= 15 is 0 Å². The van der Waals surface area contributed by atoms with Gasteiger partial charge < -0.3 is 19.3 Å². The van der Waals surface area contributed by atoms with Gasteiger partial charge >= 0.3 is 0 Å². The number of hydrogen-bond acceptors (Lipinski definition) is 5. The first-order valence-corrected chi connectivity index (χ1v) is 9.75. The van der Waals surface area contributed by atoms with Crippen LogP contribution in [-0.2, 0) is 24.3 Å². The van der Waals surface area contributed by atoms with Crippen molar-refractivity contribution in [3.05, 3.63) is 83.2 Å². The van der Waals surface area contributed by atoms with E-state index in [2.05, 4.69) is 34.7 Å². The summed E-state index contributed by atoms with van der Waals surface area (Å²) < 4.78 is 16.9. The number of aromatic nitrogens is 1. The van der Waals surface area contributed by atoms with E-state index in [0.29, 0.717) is 18.6 Å². The molecule has 1 aliphatic rings. The summed E-state index contributed by atoms with van der Waals surface area (Å²) >= 11 is 0. The molecule has 1 fully saturated rings. The molecule has 1 aliphatic heterocycles. The Hall–Kier alpha value is -2.63. The Balaban J connectivity index is 1.26. The van der Waals surface area contributed by atoms with Gasteiger partial charge in [-0.25, -0.2) is 0 Å². The van der Waals surface area contributed by atoms with Crippen LogP contribution in [0.3, 0.4) is 0 Å². The Kier molecular flexibility index (Phi) is 6.04. The van der Waals surface area contributed by atoms with Crippen LogP contribution in [0, 0.1) is 12.8 Å². The third-order valence-electron chi connectivity index (χ3n) is 5.08. The first kappa shape index (κ1) is 18.7. The van der Waals surface area contributed by atoms with Crippen LogP contribution in [0.15, 0.2) is 65.2 Å². The zero-order chi connectivity index (χ0) is 19.2. The summed E-state index contributed by atoms with van der Waals surface area (Å²) in [6.45, 7) is 4.82. The zero-order valence-corrected chi connectivity index (χ0v) is 16.1. The largest absolute Gasteiger partial charge is 0.489 e. The summed E-state index contributed by atoms with van der Waals surface area (Å²) in [6, 6.07) is 20.8. The molecular formula is C23H26N2O3. The SMILES string of the molecule is Cc1cc(C[C@@H]2COC[C@H]2NCc2ccc(OCc3ccccc3)cc2)on1. The highest BCUT2D eigenvalue weighted by Crippen LogP contribution is 2.21. The van der Waals surface area contributed by atoms with E-state index in [4.69, 9.17) is 14.0 Å². The maximum absolute atomic E-state index is 5.85. The molecule has 0 bridgehead atoms. The summed E-state index contributed by atoms with van der Waals surface area (Å²) in [4.78, 5) is 0. The minimum atomic E-state index is 0.319. The molecule has 4 rings (SSSR count). The molecular weight excluding hydrogens is 352 g/mol. The molecule has 2 atom stereocenters. The summed E-state index contributed by atoms with van der Waals surface area (Å²) in [7, 11) is 0. The lowest BCUT2D eigenvalue weighted by molar-refractivity contribution is 0.181. The summed E-state index contributed by atoms with van der Waals surface area (Å²) in [5.74, 6) is 2.22. The fraction of sp³-hybridized carbons (Fsp3) is 0.348. The van der Waals surface area contributed by atoms with Crippen molar-refractivity contribution in [2.75, 3.05) is 13.2 Å². The number of benzene rings is 2. The van der Waals surface area contributed by atoms with E-state index in [1.807, 2.05) is 43.3 Å². The molecule has 1 aromatic heterocycles. The normalized spacial score (nSPS) is 19.0. The first-order chi connectivity index (χ1) is 13.8. The molecule has 28 heavy (non-hydrogen) atoms. The van der Waals surface area contributed by atoms with Gasteiger partial charge in [0.1, 0.15) is 18.1 Å². The van der Waals surface area contributed by atoms with Gasteiger partial charge in [-0.3, -0.25) is 0 Å². The second-order valence-electron chi connectivity index (χ2n) is 7.34. The number of rotatable bonds is 8. The van der Waals surface area contributed by atoms with Gasteiger partial charge in [0, 0.05) is 31.0 Å². The van der Waals surface area contributed by atoms with Crippen molar-refractivity contribution in [2.24, 2.45) is 5.92 Å². The molecule has 0 saturated carbocycles. The topological polar surface area (TPSA) is 56.5 Å². The average Bonchev–Trinajstić information content (AvgIpc) is 3.35. The highest BCUT2D eigenvalue weighted by Gasteiger charge is 2.29. The van der Waals surface area contributed by atoms with Crippen molar-refractivity contribution in [1.82, 2.24) is 10.5 Å². The second kappa shape index (κ2) is 9.04. The second-order valence-corrected chi connectivity index (χ2v) is 7.34. The van der Waals surface area contributed by atoms with Crippen LogP contribution in [0.25, 0.3) is 0 Å². The molecule has 1 N–H and O–H groups in total. The summed E-state index contributed by atoms with van der Waals surface area (Å²) in [5.41, 5.74) is 3.32. The third kappa shape index (κ3) is 5.00. The van der Waals surface area contributed by atoms with Gasteiger partial charge in [0.15, 0.2) is 0 Å². The van der Waals surface area contributed by atoms with Gasteiger partial charge in [0.25, 0.3) is 0 Å². The smallest absolute Gasteiger partial charge is 0.137 e. The Labute approximate surface area is 165 Å². The number of hydrogen-bond donors (Lipinski definition) is 1. The van der Waals surface area contributed by atoms with E-state index in [1.54, 1.807) is 0 Å². The fourth-order valence-corrected chi connectivity index (χ4v) is 3.49. The Morgan fingerprint density at radius 1 is 1.04 bits per heavy atom. The average molecular weight is 378 g/mol. The van der Waals surface area contributed by atoms with Crippen molar-refractivity contribution in [2.45, 2.75) is 32.5 Å². The molecule has 3 aromatic rings. The van der Waals surface area contributed by atoms with Crippen LogP contribution in [-0.4, -0.2) is 24.4 Å². The summed E-state index contributed by atoms with van der Waals surface area (Å²) in [6.07, 6.45) is 0.852. The lowest BCUT2D eigenvalue weighted by Gasteiger charge is -2.18. The molecule has 2 heterocycles. The van der Waals surface area contributed by atoms with Crippen LogP contribution in [0.2, 0.25) is 0 Å². The lowest BCUT2D eigenvalue weighted by atomic mass is 9.98. The first-order valence-electron chi connectivity index (χ1n) is 9.75. The lowest BCUT2D eigenvalue weighted by Crippen LogP contribution is -2.36. The van der Waals surface area contributed by atoms with Gasteiger partial charge in [-0.2, -0.15) is 0 Å². The maximum atomic E-state index is 5.85. The Morgan fingerprint density at radius 2 is 1.86 bits per heavy atom. The quantitative estimate of drug-likeness (QED) is 0.644. The Bertz CT molecular complexity index is 861. The highest BCUT2D eigenvalue weighted by molar-refractivity contribution is 5.28. The van der Waals surface area contributed by atoms with Crippen molar-refractivity contribution in [3.8, 4) is 5.75 Å². The molecule has 0 aliphatic carbocycles. The van der Waals surface area contributed by atoms with Gasteiger partial charge in [0.05, 0.1) is 18.9 Å². The van der Waals surface area contributed by atoms with Crippen LogP contribution in [0.1, 0.15) is 22.6 Å². The van der Waals surface area contributed by atoms with E-state index < -0.39 is 0 Å².